The van der Waals surface area contributed by atoms with Crippen molar-refractivity contribution in [2.24, 2.45) is 11.8 Å². The first kappa shape index (κ1) is 12.9. The second-order valence-corrected chi connectivity index (χ2v) is 5.88. The summed E-state index contributed by atoms with van der Waals surface area (Å²) in [6.45, 7) is 9.04. The molecule has 2 aliphatic carbocycles. The maximum Gasteiger partial charge on any atom is 0.0834 e. The summed E-state index contributed by atoms with van der Waals surface area (Å²) in [5.74, 6) is 1.67. The SMILES string of the molecule is CC1=C(C)C=CC(OC2CCC(C)C(C)C2)[CH]1. The van der Waals surface area contributed by atoms with Gasteiger partial charge in [0.15, 0.2) is 0 Å². The van der Waals surface area contributed by atoms with Crippen LogP contribution >= 0.6 is 0 Å². The van der Waals surface area contributed by atoms with E-state index in [1.807, 2.05) is 0 Å². The summed E-state index contributed by atoms with van der Waals surface area (Å²) in [5, 5.41) is 0. The van der Waals surface area contributed by atoms with Gasteiger partial charge in [-0.15, -0.1) is 0 Å². The summed E-state index contributed by atoms with van der Waals surface area (Å²) in [6, 6.07) is 0. The number of rotatable bonds is 2. The lowest BCUT2D eigenvalue weighted by Gasteiger charge is -2.34. The number of allylic oxidation sites excluding steroid dienone is 2. The molecular weight excluding hydrogens is 208 g/mol. The number of hydrogen-bond acceptors (Lipinski definition) is 1. The quantitative estimate of drug-likeness (QED) is 0.690. The molecular formula is C16H25O. The molecule has 2 aliphatic rings. The molecule has 1 nitrogen and oxygen atoms in total. The van der Waals surface area contributed by atoms with Gasteiger partial charge in [-0.25, -0.2) is 0 Å². The van der Waals surface area contributed by atoms with E-state index in [4.69, 9.17) is 4.74 Å². The first-order valence-electron chi connectivity index (χ1n) is 6.92. The molecule has 0 spiro atoms. The van der Waals surface area contributed by atoms with Crippen LogP contribution in [0.25, 0.3) is 0 Å². The predicted molar refractivity (Wildman–Crippen MR) is 72.7 cm³/mol. The zero-order valence-corrected chi connectivity index (χ0v) is 11.6. The first-order valence-corrected chi connectivity index (χ1v) is 6.92. The van der Waals surface area contributed by atoms with E-state index in [1.54, 1.807) is 0 Å². The van der Waals surface area contributed by atoms with Crippen LogP contribution in [0.2, 0.25) is 0 Å². The first-order chi connectivity index (χ1) is 8.06. The van der Waals surface area contributed by atoms with E-state index >= 15 is 0 Å². The van der Waals surface area contributed by atoms with E-state index < -0.39 is 0 Å². The molecule has 0 aliphatic heterocycles. The topological polar surface area (TPSA) is 9.23 Å². The molecule has 1 radical (unpaired) electrons. The standard InChI is InChI=1S/C16H25O/c1-11-5-7-15(9-13(11)3)17-16-8-6-12(2)14(4)10-16/h5,7,9,12,14-16H,6,8,10H2,1-4H3. The fourth-order valence-corrected chi connectivity index (χ4v) is 2.73. The van der Waals surface area contributed by atoms with Gasteiger partial charge in [0.05, 0.1) is 12.2 Å². The van der Waals surface area contributed by atoms with Crippen molar-refractivity contribution in [3.63, 3.8) is 0 Å². The van der Waals surface area contributed by atoms with Gasteiger partial charge in [-0.2, -0.15) is 0 Å². The molecule has 0 heterocycles. The molecule has 17 heavy (non-hydrogen) atoms. The van der Waals surface area contributed by atoms with E-state index in [9.17, 15) is 0 Å². The van der Waals surface area contributed by atoms with E-state index in [0.29, 0.717) is 6.10 Å². The highest BCUT2D eigenvalue weighted by atomic mass is 16.5. The van der Waals surface area contributed by atoms with Crippen molar-refractivity contribution in [2.75, 3.05) is 0 Å². The van der Waals surface area contributed by atoms with Crippen molar-refractivity contribution in [3.05, 3.63) is 29.7 Å². The molecule has 0 aromatic rings. The normalized spacial score (nSPS) is 38.6. The average Bonchev–Trinajstić information content (AvgIpc) is 2.29. The highest BCUT2D eigenvalue weighted by Crippen LogP contribution is 2.32. The lowest BCUT2D eigenvalue weighted by atomic mass is 9.80. The molecule has 95 valence electrons. The third kappa shape index (κ3) is 3.22. The Hall–Kier alpha value is -0.560. The minimum Gasteiger partial charge on any atom is -0.370 e. The van der Waals surface area contributed by atoms with E-state index in [-0.39, 0.29) is 6.10 Å². The van der Waals surface area contributed by atoms with Gasteiger partial charge < -0.3 is 4.74 Å². The van der Waals surface area contributed by atoms with Crippen molar-refractivity contribution in [1.82, 2.24) is 0 Å². The molecule has 0 aromatic heterocycles. The van der Waals surface area contributed by atoms with Crippen LogP contribution in [0.1, 0.15) is 47.0 Å². The Morgan fingerprint density at radius 2 is 1.82 bits per heavy atom. The molecule has 1 fully saturated rings. The fourth-order valence-electron chi connectivity index (χ4n) is 2.73. The number of ether oxygens (including phenoxy) is 1. The Morgan fingerprint density at radius 3 is 2.47 bits per heavy atom. The van der Waals surface area contributed by atoms with Crippen LogP contribution in [-0.2, 0) is 4.74 Å². The zero-order valence-electron chi connectivity index (χ0n) is 11.6. The Balaban J connectivity index is 1.85. The summed E-state index contributed by atoms with van der Waals surface area (Å²) in [4.78, 5) is 0. The van der Waals surface area contributed by atoms with E-state index in [1.165, 1.54) is 30.4 Å². The minimum absolute atomic E-state index is 0.198. The van der Waals surface area contributed by atoms with E-state index in [2.05, 4.69) is 46.3 Å². The summed E-state index contributed by atoms with van der Waals surface area (Å²) in [5.41, 5.74) is 2.71. The molecule has 0 saturated heterocycles. The molecule has 1 heteroatoms. The van der Waals surface area contributed by atoms with Crippen LogP contribution in [0.3, 0.4) is 0 Å². The van der Waals surface area contributed by atoms with Gasteiger partial charge in [0.1, 0.15) is 0 Å². The minimum atomic E-state index is 0.198. The predicted octanol–water partition coefficient (Wildman–Crippen LogP) is 4.31. The van der Waals surface area contributed by atoms with Crippen LogP contribution in [0.5, 0.6) is 0 Å². The summed E-state index contributed by atoms with van der Waals surface area (Å²) in [6.07, 6.45) is 11.0. The van der Waals surface area contributed by atoms with Gasteiger partial charge >= 0.3 is 0 Å². The second kappa shape index (κ2) is 5.39. The van der Waals surface area contributed by atoms with Crippen LogP contribution in [0.4, 0.5) is 0 Å². The molecule has 0 bridgehead atoms. The highest BCUT2D eigenvalue weighted by molar-refractivity contribution is 5.35. The van der Waals surface area contributed by atoms with Gasteiger partial charge in [0.25, 0.3) is 0 Å². The largest absolute Gasteiger partial charge is 0.370 e. The van der Waals surface area contributed by atoms with Crippen LogP contribution in [0.15, 0.2) is 23.3 Å². The van der Waals surface area contributed by atoms with Crippen molar-refractivity contribution in [3.8, 4) is 0 Å². The monoisotopic (exact) mass is 233 g/mol. The fraction of sp³-hybridized carbons (Fsp3) is 0.688. The summed E-state index contributed by atoms with van der Waals surface area (Å²) in [7, 11) is 0. The average molecular weight is 233 g/mol. The summed E-state index contributed by atoms with van der Waals surface area (Å²) >= 11 is 0. The maximum absolute atomic E-state index is 6.19. The van der Waals surface area contributed by atoms with Crippen molar-refractivity contribution in [2.45, 2.75) is 59.2 Å². The van der Waals surface area contributed by atoms with Gasteiger partial charge in [0, 0.05) is 6.42 Å². The van der Waals surface area contributed by atoms with Crippen LogP contribution in [0, 0.1) is 18.3 Å². The number of hydrogen-bond donors (Lipinski definition) is 0. The van der Waals surface area contributed by atoms with Crippen LogP contribution in [-0.4, -0.2) is 12.2 Å². The van der Waals surface area contributed by atoms with Gasteiger partial charge in [-0.05, 0) is 44.9 Å². The van der Waals surface area contributed by atoms with Crippen molar-refractivity contribution in [1.29, 1.82) is 0 Å². The lowest BCUT2D eigenvalue weighted by Crippen LogP contribution is -2.30. The molecule has 0 N–H and O–H groups in total. The molecule has 1 saturated carbocycles. The Labute approximate surface area is 106 Å². The zero-order chi connectivity index (χ0) is 12.4. The van der Waals surface area contributed by atoms with Crippen molar-refractivity contribution < 1.29 is 4.74 Å². The highest BCUT2D eigenvalue weighted by Gasteiger charge is 2.27. The van der Waals surface area contributed by atoms with Gasteiger partial charge in [-0.1, -0.05) is 37.1 Å². The third-order valence-corrected chi connectivity index (χ3v) is 4.47. The maximum atomic E-state index is 6.19. The Kier molecular flexibility index (Phi) is 4.09. The smallest absolute Gasteiger partial charge is 0.0834 e. The molecule has 4 unspecified atom stereocenters. The molecule has 4 atom stereocenters. The Morgan fingerprint density at radius 1 is 1.06 bits per heavy atom. The molecule has 2 rings (SSSR count). The van der Waals surface area contributed by atoms with E-state index in [0.717, 1.165) is 11.8 Å². The van der Waals surface area contributed by atoms with Crippen LogP contribution < -0.4 is 0 Å². The van der Waals surface area contributed by atoms with Gasteiger partial charge in [0.2, 0.25) is 0 Å². The van der Waals surface area contributed by atoms with Gasteiger partial charge in [-0.3, -0.25) is 0 Å². The molecule has 0 amide bonds. The Bertz CT molecular complexity index is 326. The molecule has 0 aromatic carbocycles. The summed E-state index contributed by atoms with van der Waals surface area (Å²) < 4.78 is 6.19. The lowest BCUT2D eigenvalue weighted by molar-refractivity contribution is -0.0150. The van der Waals surface area contributed by atoms with Crippen molar-refractivity contribution >= 4 is 0 Å². The third-order valence-electron chi connectivity index (χ3n) is 4.47. The second-order valence-electron chi connectivity index (χ2n) is 5.88.